The number of carbonyl (C=O) groups is 1. The number of hydrogen-bond donors (Lipinski definition) is 1. The van der Waals surface area contributed by atoms with Gasteiger partial charge in [-0.2, -0.15) is 0 Å². The van der Waals surface area contributed by atoms with E-state index in [1.165, 1.54) is 0 Å². The molecule has 1 amide bonds. The van der Waals surface area contributed by atoms with Crippen molar-refractivity contribution in [1.29, 1.82) is 0 Å². The molecular formula is C24H22Cl2N4O. The molecule has 0 spiro atoms. The lowest BCUT2D eigenvalue weighted by Crippen LogP contribution is -2.28. The van der Waals surface area contributed by atoms with Crippen molar-refractivity contribution in [1.82, 2.24) is 19.9 Å². The van der Waals surface area contributed by atoms with Gasteiger partial charge in [-0.1, -0.05) is 54.7 Å². The molecule has 0 aliphatic heterocycles. The van der Waals surface area contributed by atoms with E-state index in [4.69, 9.17) is 23.2 Å². The number of aromatic nitrogens is 3. The number of fused-ring (bicyclic) bond motifs is 1. The number of halogens is 2. The lowest BCUT2D eigenvalue weighted by Gasteiger charge is -2.17. The van der Waals surface area contributed by atoms with Gasteiger partial charge < -0.3 is 5.32 Å². The number of carbonyl (C=O) groups excluding carboxylic acids is 1. The van der Waals surface area contributed by atoms with Gasteiger partial charge in [-0.3, -0.25) is 9.36 Å². The Hall–Kier alpha value is -2.89. The lowest BCUT2D eigenvalue weighted by atomic mass is 9.94. The summed E-state index contributed by atoms with van der Waals surface area (Å²) in [5.41, 5.74) is 2.44. The van der Waals surface area contributed by atoms with Gasteiger partial charge in [0.25, 0.3) is 5.91 Å². The number of amides is 1. The van der Waals surface area contributed by atoms with E-state index in [1.807, 2.05) is 36.4 Å². The Morgan fingerprint density at radius 3 is 2.52 bits per heavy atom. The molecule has 0 saturated heterocycles. The van der Waals surface area contributed by atoms with Gasteiger partial charge in [0.05, 0.1) is 16.1 Å². The van der Waals surface area contributed by atoms with Crippen LogP contribution in [-0.2, 0) is 0 Å². The molecule has 1 N–H and O–H groups in total. The van der Waals surface area contributed by atoms with Crippen molar-refractivity contribution < 1.29 is 4.79 Å². The molecule has 1 unspecified atom stereocenters. The Bertz CT molecular complexity index is 1190. The molecule has 0 aliphatic carbocycles. The Labute approximate surface area is 191 Å². The second kappa shape index (κ2) is 9.50. The fraction of sp³-hybridized carbons (Fsp3) is 0.208. The van der Waals surface area contributed by atoms with Crippen molar-refractivity contribution in [3.8, 4) is 5.95 Å². The molecule has 0 bridgehead atoms. The highest BCUT2D eigenvalue weighted by Crippen LogP contribution is 2.30. The highest BCUT2D eigenvalue weighted by molar-refractivity contribution is 6.37. The molecule has 1 atom stereocenters. The smallest absolute Gasteiger partial charge is 0.253 e. The Morgan fingerprint density at radius 2 is 1.81 bits per heavy atom. The van der Waals surface area contributed by atoms with Crippen molar-refractivity contribution in [2.45, 2.75) is 25.7 Å². The van der Waals surface area contributed by atoms with Gasteiger partial charge in [0.15, 0.2) is 0 Å². The predicted octanol–water partition coefficient (Wildman–Crippen LogP) is 6.04. The maximum atomic E-state index is 13.2. The number of benzene rings is 2. The molecule has 0 saturated carbocycles. The largest absolute Gasteiger partial charge is 0.351 e. The van der Waals surface area contributed by atoms with E-state index in [-0.39, 0.29) is 11.8 Å². The van der Waals surface area contributed by atoms with Gasteiger partial charge in [-0.25, -0.2) is 9.97 Å². The Morgan fingerprint density at radius 1 is 1.06 bits per heavy atom. The van der Waals surface area contributed by atoms with E-state index in [1.54, 1.807) is 35.3 Å². The minimum Gasteiger partial charge on any atom is -0.351 e. The van der Waals surface area contributed by atoms with Gasteiger partial charge in [0.1, 0.15) is 0 Å². The van der Waals surface area contributed by atoms with Crippen molar-refractivity contribution in [3.63, 3.8) is 0 Å². The van der Waals surface area contributed by atoms with Crippen molar-refractivity contribution in [2.75, 3.05) is 6.54 Å². The van der Waals surface area contributed by atoms with Gasteiger partial charge in [-0.15, -0.1) is 0 Å². The first-order valence-corrected chi connectivity index (χ1v) is 10.9. The third-order valence-corrected chi connectivity index (χ3v) is 5.85. The Kier molecular flexibility index (Phi) is 6.54. The van der Waals surface area contributed by atoms with Crippen LogP contribution in [0.5, 0.6) is 0 Å². The zero-order valence-corrected chi connectivity index (χ0v) is 18.6. The van der Waals surface area contributed by atoms with Crippen LogP contribution in [0.25, 0.3) is 16.9 Å². The summed E-state index contributed by atoms with van der Waals surface area (Å²) in [7, 11) is 0. The van der Waals surface area contributed by atoms with Crippen LogP contribution in [0.1, 0.15) is 41.6 Å². The Balaban J connectivity index is 1.64. The molecule has 158 valence electrons. The third-order valence-electron chi connectivity index (χ3n) is 5.28. The maximum Gasteiger partial charge on any atom is 0.253 e. The number of nitrogens with one attached hydrogen (secondary N) is 1. The fourth-order valence-corrected chi connectivity index (χ4v) is 4.18. The molecule has 4 rings (SSSR count). The first-order chi connectivity index (χ1) is 15.1. The van der Waals surface area contributed by atoms with Crippen LogP contribution in [0.15, 0.2) is 67.1 Å². The first-order valence-electron chi connectivity index (χ1n) is 10.2. The van der Waals surface area contributed by atoms with Crippen LogP contribution >= 0.6 is 23.2 Å². The van der Waals surface area contributed by atoms with Crippen LogP contribution in [0.4, 0.5) is 0 Å². The van der Waals surface area contributed by atoms with E-state index in [9.17, 15) is 4.79 Å². The predicted molar refractivity (Wildman–Crippen MR) is 125 cm³/mol. The summed E-state index contributed by atoms with van der Waals surface area (Å²) in [6, 6.07) is 15.1. The second-order valence-electron chi connectivity index (χ2n) is 7.34. The molecule has 0 aliphatic rings. The van der Waals surface area contributed by atoms with E-state index in [0.717, 1.165) is 23.9 Å². The molecule has 2 heterocycles. The fourth-order valence-electron chi connectivity index (χ4n) is 3.78. The third kappa shape index (κ3) is 4.58. The molecular weight excluding hydrogens is 431 g/mol. The van der Waals surface area contributed by atoms with E-state index in [0.29, 0.717) is 33.5 Å². The number of nitrogens with zero attached hydrogens (tertiary/aromatic N) is 3. The quantitative estimate of drug-likeness (QED) is 0.371. The summed E-state index contributed by atoms with van der Waals surface area (Å²) < 4.78 is 1.79. The normalized spacial score (nSPS) is 12.1. The standard InChI is InChI=1S/C24H22Cl2N4O/c1-2-5-17(16-8-10-18(25)11-9-16)14-29-23(31)19-15-30(24-27-12-4-13-28-24)21-7-3-6-20(26)22(19)21/h3-4,6-13,15,17H,2,5,14H2,1H3,(H,29,31). The SMILES string of the molecule is CCCC(CNC(=O)c1cn(-c2ncccn2)c2cccc(Cl)c12)c1ccc(Cl)cc1. The first kappa shape index (κ1) is 21.3. The molecule has 2 aromatic carbocycles. The van der Waals surface area contributed by atoms with Gasteiger partial charge in [0.2, 0.25) is 5.95 Å². The molecule has 5 nitrogen and oxygen atoms in total. The second-order valence-corrected chi connectivity index (χ2v) is 8.19. The zero-order valence-electron chi connectivity index (χ0n) is 17.1. The molecule has 7 heteroatoms. The summed E-state index contributed by atoms with van der Waals surface area (Å²) in [6.45, 7) is 2.66. The van der Waals surface area contributed by atoms with Crippen molar-refractivity contribution >= 4 is 40.0 Å². The minimum atomic E-state index is -0.178. The van der Waals surface area contributed by atoms with Gasteiger partial charge in [0, 0.05) is 41.5 Å². The molecule has 0 fully saturated rings. The minimum absolute atomic E-state index is 0.178. The highest BCUT2D eigenvalue weighted by atomic mass is 35.5. The number of hydrogen-bond acceptors (Lipinski definition) is 3. The average Bonchev–Trinajstić information content (AvgIpc) is 3.19. The number of rotatable bonds is 7. The molecule has 4 aromatic rings. The molecule has 0 radical (unpaired) electrons. The monoisotopic (exact) mass is 452 g/mol. The summed E-state index contributed by atoms with van der Waals surface area (Å²) >= 11 is 12.5. The van der Waals surface area contributed by atoms with Crippen molar-refractivity contribution in [2.24, 2.45) is 0 Å². The van der Waals surface area contributed by atoms with Crippen molar-refractivity contribution in [3.05, 3.63) is 88.3 Å². The summed E-state index contributed by atoms with van der Waals surface area (Å²) in [5.74, 6) is 0.509. The molecule has 2 aromatic heterocycles. The van der Waals surface area contributed by atoms with E-state index >= 15 is 0 Å². The summed E-state index contributed by atoms with van der Waals surface area (Å²) in [5, 5.41) is 5.00. The van der Waals surface area contributed by atoms with E-state index in [2.05, 4.69) is 22.2 Å². The van der Waals surface area contributed by atoms with Crippen LogP contribution < -0.4 is 5.32 Å². The van der Waals surface area contributed by atoms with Gasteiger partial charge >= 0.3 is 0 Å². The van der Waals surface area contributed by atoms with Crippen LogP contribution in [0.3, 0.4) is 0 Å². The summed E-state index contributed by atoms with van der Waals surface area (Å²) in [4.78, 5) is 21.8. The van der Waals surface area contributed by atoms with Crippen LogP contribution in [0, 0.1) is 0 Å². The zero-order chi connectivity index (χ0) is 21.8. The summed E-state index contributed by atoms with van der Waals surface area (Å²) in [6.07, 6.45) is 7.06. The highest BCUT2D eigenvalue weighted by Gasteiger charge is 2.20. The van der Waals surface area contributed by atoms with Gasteiger partial charge in [-0.05, 0) is 42.3 Å². The maximum absolute atomic E-state index is 13.2. The van der Waals surface area contributed by atoms with Crippen LogP contribution in [0.2, 0.25) is 10.0 Å². The topological polar surface area (TPSA) is 59.8 Å². The van der Waals surface area contributed by atoms with Crippen LogP contribution in [-0.4, -0.2) is 27.0 Å². The average molecular weight is 453 g/mol. The van der Waals surface area contributed by atoms with E-state index < -0.39 is 0 Å². The molecule has 31 heavy (non-hydrogen) atoms. The lowest BCUT2D eigenvalue weighted by molar-refractivity contribution is 0.0952.